The van der Waals surface area contributed by atoms with Crippen LogP contribution in [0.4, 0.5) is 0 Å². The summed E-state index contributed by atoms with van der Waals surface area (Å²) in [7, 11) is 3.43. The fourth-order valence-electron chi connectivity index (χ4n) is 3.15. The molecule has 0 bridgehead atoms. The van der Waals surface area contributed by atoms with E-state index in [1.165, 1.54) is 0 Å². The van der Waals surface area contributed by atoms with E-state index in [1.807, 2.05) is 34.9 Å². The molecule has 0 saturated heterocycles. The van der Waals surface area contributed by atoms with Crippen molar-refractivity contribution in [1.29, 1.82) is 0 Å². The Morgan fingerprint density at radius 1 is 1.18 bits per heavy atom. The van der Waals surface area contributed by atoms with E-state index < -0.39 is 0 Å². The Kier molecular flexibility index (Phi) is 4.94. The lowest BCUT2D eigenvalue weighted by atomic mass is 10.1. The van der Waals surface area contributed by atoms with Crippen LogP contribution in [0.15, 0.2) is 48.9 Å². The topological polar surface area (TPSA) is 86.0 Å². The van der Waals surface area contributed by atoms with Crippen LogP contribution >= 0.6 is 0 Å². The molecule has 0 spiro atoms. The molecule has 0 aliphatic carbocycles. The lowest BCUT2D eigenvalue weighted by molar-refractivity contribution is 0.0783. The van der Waals surface area contributed by atoms with Crippen LogP contribution in [-0.2, 0) is 17.8 Å². The average Bonchev–Trinajstić information content (AvgIpc) is 3.15. The van der Waals surface area contributed by atoms with Gasteiger partial charge in [0.15, 0.2) is 0 Å². The minimum absolute atomic E-state index is 0.0829. The Balaban J connectivity index is 1.70. The fourth-order valence-corrected chi connectivity index (χ4v) is 3.15. The molecule has 142 valence electrons. The molecule has 0 saturated carbocycles. The predicted octanol–water partition coefficient (Wildman–Crippen LogP) is 2.29. The van der Waals surface area contributed by atoms with Crippen molar-refractivity contribution in [2.24, 2.45) is 0 Å². The van der Waals surface area contributed by atoms with Crippen LogP contribution < -0.4 is 0 Å². The number of pyridine rings is 1. The zero-order chi connectivity index (χ0) is 19.5. The lowest BCUT2D eigenvalue weighted by Gasteiger charge is -2.17. The standard InChI is InChI=1S/C20H20N6O2/c1-25(12-15-5-3-4-8-21-15)20(27)14-6-7-17-16(11-14)18-19(24-23-17)22-13-26(18)9-10-28-2/h3-8,11,13H,9-10,12H2,1-2H3. The van der Waals surface area contributed by atoms with Crippen LogP contribution in [0.25, 0.3) is 22.1 Å². The zero-order valence-corrected chi connectivity index (χ0v) is 15.7. The summed E-state index contributed by atoms with van der Waals surface area (Å²) in [5, 5.41) is 9.24. The van der Waals surface area contributed by atoms with E-state index in [9.17, 15) is 4.79 Å². The first kappa shape index (κ1) is 18.0. The molecular formula is C20H20N6O2. The molecule has 1 amide bonds. The van der Waals surface area contributed by atoms with Gasteiger partial charge in [-0.3, -0.25) is 9.78 Å². The van der Waals surface area contributed by atoms with Crippen molar-refractivity contribution < 1.29 is 9.53 Å². The smallest absolute Gasteiger partial charge is 0.253 e. The minimum atomic E-state index is -0.0829. The van der Waals surface area contributed by atoms with Gasteiger partial charge in [-0.2, -0.15) is 0 Å². The molecule has 3 aromatic heterocycles. The Morgan fingerprint density at radius 2 is 2.07 bits per heavy atom. The van der Waals surface area contributed by atoms with Crippen LogP contribution in [0.1, 0.15) is 16.1 Å². The maximum absolute atomic E-state index is 12.9. The first-order valence-electron chi connectivity index (χ1n) is 8.93. The molecule has 3 heterocycles. The molecule has 0 N–H and O–H groups in total. The number of rotatable bonds is 6. The third-order valence-electron chi connectivity index (χ3n) is 4.58. The highest BCUT2D eigenvalue weighted by atomic mass is 16.5. The van der Waals surface area contributed by atoms with E-state index in [1.54, 1.807) is 37.6 Å². The zero-order valence-electron chi connectivity index (χ0n) is 15.7. The minimum Gasteiger partial charge on any atom is -0.383 e. The summed E-state index contributed by atoms with van der Waals surface area (Å²) in [6.07, 6.45) is 3.44. The van der Waals surface area contributed by atoms with Gasteiger partial charge in [-0.15, -0.1) is 10.2 Å². The van der Waals surface area contributed by atoms with Crippen molar-refractivity contribution in [1.82, 2.24) is 29.6 Å². The van der Waals surface area contributed by atoms with Crippen molar-refractivity contribution in [2.75, 3.05) is 20.8 Å². The average molecular weight is 376 g/mol. The number of ether oxygens (including phenoxy) is 1. The van der Waals surface area contributed by atoms with Crippen LogP contribution in [-0.4, -0.2) is 56.3 Å². The highest BCUT2D eigenvalue weighted by Crippen LogP contribution is 2.23. The van der Waals surface area contributed by atoms with Crippen molar-refractivity contribution >= 4 is 28.0 Å². The fraction of sp³-hybridized carbons (Fsp3) is 0.250. The van der Waals surface area contributed by atoms with Crippen LogP contribution in [0.5, 0.6) is 0 Å². The maximum Gasteiger partial charge on any atom is 0.253 e. The van der Waals surface area contributed by atoms with E-state index in [2.05, 4.69) is 20.2 Å². The molecule has 1 aromatic carbocycles. The van der Waals surface area contributed by atoms with Gasteiger partial charge in [-0.05, 0) is 30.3 Å². The number of amides is 1. The summed E-state index contributed by atoms with van der Waals surface area (Å²) in [4.78, 5) is 23.2. The van der Waals surface area contributed by atoms with Crippen molar-refractivity contribution in [3.05, 3.63) is 60.2 Å². The van der Waals surface area contributed by atoms with Crippen molar-refractivity contribution in [3.8, 4) is 0 Å². The van der Waals surface area contributed by atoms with Crippen molar-refractivity contribution in [3.63, 3.8) is 0 Å². The van der Waals surface area contributed by atoms with E-state index >= 15 is 0 Å². The number of carbonyl (C=O) groups excluding carboxylic acids is 1. The molecule has 28 heavy (non-hydrogen) atoms. The Morgan fingerprint density at radius 3 is 2.86 bits per heavy atom. The molecule has 4 rings (SSSR count). The van der Waals surface area contributed by atoms with Crippen molar-refractivity contribution in [2.45, 2.75) is 13.1 Å². The summed E-state index contributed by atoms with van der Waals surface area (Å²) < 4.78 is 7.15. The number of nitrogens with zero attached hydrogens (tertiary/aromatic N) is 6. The summed E-state index contributed by atoms with van der Waals surface area (Å²) in [5.74, 6) is -0.0829. The molecule has 0 aliphatic heterocycles. The van der Waals surface area contributed by atoms with Crippen LogP contribution in [0.3, 0.4) is 0 Å². The van der Waals surface area contributed by atoms with Gasteiger partial charge in [-0.1, -0.05) is 6.07 Å². The van der Waals surface area contributed by atoms with Gasteiger partial charge >= 0.3 is 0 Å². The third-order valence-corrected chi connectivity index (χ3v) is 4.58. The molecule has 4 aromatic rings. The Hall–Kier alpha value is -3.39. The molecule has 0 fully saturated rings. The quantitative estimate of drug-likeness (QED) is 0.513. The Labute approximate surface area is 161 Å². The lowest BCUT2D eigenvalue weighted by Crippen LogP contribution is -2.26. The SMILES string of the molecule is COCCn1cnc2nnc3ccc(C(=O)N(C)Cc4ccccn4)cc3c21. The van der Waals surface area contributed by atoms with Crippen LogP contribution in [0, 0.1) is 0 Å². The Bertz CT molecular complexity index is 1130. The molecular weight excluding hydrogens is 356 g/mol. The number of imidazole rings is 1. The number of hydrogen-bond acceptors (Lipinski definition) is 6. The molecule has 8 nitrogen and oxygen atoms in total. The van der Waals surface area contributed by atoms with Gasteiger partial charge in [0.25, 0.3) is 5.91 Å². The van der Waals surface area contributed by atoms with Gasteiger partial charge in [0.05, 0.1) is 36.2 Å². The molecule has 0 aliphatic rings. The van der Waals surface area contributed by atoms with E-state index in [0.29, 0.717) is 30.9 Å². The summed E-state index contributed by atoms with van der Waals surface area (Å²) in [5.41, 5.74) is 3.54. The second-order valence-corrected chi connectivity index (χ2v) is 6.52. The second kappa shape index (κ2) is 7.69. The van der Waals surface area contributed by atoms with Crippen LogP contribution in [0.2, 0.25) is 0 Å². The second-order valence-electron chi connectivity index (χ2n) is 6.52. The summed E-state index contributed by atoms with van der Waals surface area (Å²) in [6, 6.07) is 11.1. The van der Waals surface area contributed by atoms with Gasteiger partial charge in [0, 0.05) is 37.8 Å². The van der Waals surface area contributed by atoms with Gasteiger partial charge in [-0.25, -0.2) is 4.98 Å². The summed E-state index contributed by atoms with van der Waals surface area (Å²) in [6.45, 7) is 1.64. The maximum atomic E-state index is 12.9. The highest BCUT2D eigenvalue weighted by Gasteiger charge is 2.16. The normalized spacial score (nSPS) is 11.2. The molecule has 0 radical (unpaired) electrons. The number of hydrogen-bond donors (Lipinski definition) is 0. The number of methoxy groups -OCH3 is 1. The van der Waals surface area contributed by atoms with E-state index in [-0.39, 0.29) is 5.91 Å². The number of fused-ring (bicyclic) bond motifs is 3. The monoisotopic (exact) mass is 376 g/mol. The number of benzene rings is 1. The summed E-state index contributed by atoms with van der Waals surface area (Å²) >= 11 is 0. The van der Waals surface area contributed by atoms with Gasteiger partial charge in [0.1, 0.15) is 0 Å². The van der Waals surface area contributed by atoms with E-state index in [4.69, 9.17) is 4.74 Å². The highest BCUT2D eigenvalue weighted by molar-refractivity contribution is 6.05. The van der Waals surface area contributed by atoms with Gasteiger partial charge in [0.2, 0.25) is 5.65 Å². The molecule has 0 unspecified atom stereocenters. The predicted molar refractivity (Wildman–Crippen MR) is 105 cm³/mol. The number of aromatic nitrogens is 5. The first-order valence-corrected chi connectivity index (χ1v) is 8.93. The first-order chi connectivity index (χ1) is 13.7. The largest absolute Gasteiger partial charge is 0.383 e. The molecule has 8 heteroatoms. The van der Waals surface area contributed by atoms with Gasteiger partial charge < -0.3 is 14.2 Å². The third kappa shape index (κ3) is 3.41. The number of carbonyl (C=O) groups is 1. The van der Waals surface area contributed by atoms with E-state index in [0.717, 1.165) is 22.1 Å². The molecule has 0 atom stereocenters.